The summed E-state index contributed by atoms with van der Waals surface area (Å²) in [5.74, 6) is 0.530. The molecule has 0 aromatic carbocycles. The van der Waals surface area contributed by atoms with E-state index in [4.69, 9.17) is 4.74 Å². The number of rotatable bonds is 3. The van der Waals surface area contributed by atoms with Crippen molar-refractivity contribution in [3.05, 3.63) is 23.9 Å². The molecule has 0 aliphatic heterocycles. The van der Waals surface area contributed by atoms with Gasteiger partial charge < -0.3 is 4.74 Å². The van der Waals surface area contributed by atoms with Crippen LogP contribution in [0, 0.1) is 5.92 Å². The topological polar surface area (TPSA) is 56.3 Å². The molecule has 1 aliphatic rings. The van der Waals surface area contributed by atoms with E-state index in [2.05, 4.69) is 4.98 Å². The van der Waals surface area contributed by atoms with Gasteiger partial charge in [0.25, 0.3) is 0 Å². The fourth-order valence-electron chi connectivity index (χ4n) is 1.92. The Balaban J connectivity index is 2.11. The van der Waals surface area contributed by atoms with Crippen LogP contribution in [0.4, 0.5) is 0 Å². The highest BCUT2D eigenvalue weighted by Crippen LogP contribution is 2.25. The Morgan fingerprint density at radius 2 is 2.31 bits per heavy atom. The van der Waals surface area contributed by atoms with Crippen LogP contribution in [0.5, 0.6) is 5.88 Å². The lowest BCUT2D eigenvalue weighted by atomic mass is 9.97. The number of aromatic nitrogens is 1. The molecule has 1 unspecified atom stereocenters. The Bertz CT molecular complexity index is 411. The van der Waals surface area contributed by atoms with Crippen LogP contribution in [0.15, 0.2) is 18.3 Å². The van der Waals surface area contributed by atoms with Crippen LogP contribution >= 0.6 is 0 Å². The van der Waals surface area contributed by atoms with Gasteiger partial charge in [-0.05, 0) is 12.5 Å². The first-order valence-electron chi connectivity index (χ1n) is 5.26. The summed E-state index contributed by atoms with van der Waals surface area (Å²) in [6.45, 7) is 0. The lowest BCUT2D eigenvalue weighted by Crippen LogP contribution is -2.12. The number of Topliss-reactive ketones (excluding diaryl/α,β-unsaturated/α-hetero) is 2. The molecule has 0 amide bonds. The lowest BCUT2D eigenvalue weighted by molar-refractivity contribution is -0.117. The molecule has 16 heavy (non-hydrogen) atoms. The predicted octanol–water partition coefficient (Wildman–Crippen LogP) is 1.64. The van der Waals surface area contributed by atoms with E-state index in [1.807, 2.05) is 0 Å². The van der Waals surface area contributed by atoms with Crippen molar-refractivity contribution in [3.63, 3.8) is 0 Å². The zero-order valence-corrected chi connectivity index (χ0v) is 9.10. The second-order valence-electron chi connectivity index (χ2n) is 3.93. The summed E-state index contributed by atoms with van der Waals surface area (Å²) in [5, 5.41) is 0. The molecule has 1 heterocycles. The summed E-state index contributed by atoms with van der Waals surface area (Å²) < 4.78 is 4.91. The Morgan fingerprint density at radius 1 is 1.50 bits per heavy atom. The van der Waals surface area contributed by atoms with E-state index in [1.54, 1.807) is 12.1 Å². The Labute approximate surface area is 93.6 Å². The third-order valence-electron chi connectivity index (χ3n) is 2.85. The molecule has 1 fully saturated rings. The van der Waals surface area contributed by atoms with E-state index >= 15 is 0 Å². The molecule has 2 rings (SSSR count). The van der Waals surface area contributed by atoms with Crippen LogP contribution < -0.4 is 4.74 Å². The summed E-state index contributed by atoms with van der Waals surface area (Å²) in [6.07, 6.45) is 3.08. The maximum Gasteiger partial charge on any atom is 0.212 e. The average Bonchev–Trinajstić information content (AvgIpc) is 2.75. The van der Waals surface area contributed by atoms with Crippen molar-refractivity contribution in [2.45, 2.75) is 19.3 Å². The maximum absolute atomic E-state index is 12.0. The number of carbonyl (C=O) groups excluding carboxylic acids is 2. The Kier molecular flexibility index (Phi) is 2.99. The molecule has 1 aliphatic carbocycles. The molecule has 0 spiro atoms. The normalized spacial score (nSPS) is 19.8. The minimum Gasteiger partial charge on any atom is -0.481 e. The predicted molar refractivity (Wildman–Crippen MR) is 57.5 cm³/mol. The number of pyridine rings is 1. The largest absolute Gasteiger partial charge is 0.481 e. The van der Waals surface area contributed by atoms with Gasteiger partial charge in [-0.3, -0.25) is 9.59 Å². The molecule has 1 aromatic heterocycles. The van der Waals surface area contributed by atoms with Gasteiger partial charge in [-0.25, -0.2) is 4.98 Å². The van der Waals surface area contributed by atoms with Gasteiger partial charge in [-0.15, -0.1) is 0 Å². The second-order valence-corrected chi connectivity index (χ2v) is 3.93. The fourth-order valence-corrected chi connectivity index (χ4v) is 1.92. The summed E-state index contributed by atoms with van der Waals surface area (Å²) >= 11 is 0. The van der Waals surface area contributed by atoms with Crippen LogP contribution in [0.3, 0.4) is 0 Å². The second kappa shape index (κ2) is 4.43. The van der Waals surface area contributed by atoms with Gasteiger partial charge in [0.2, 0.25) is 5.88 Å². The number of ketones is 2. The maximum atomic E-state index is 12.0. The number of methoxy groups -OCH3 is 1. The minimum atomic E-state index is -0.150. The van der Waals surface area contributed by atoms with Gasteiger partial charge in [0.05, 0.1) is 7.11 Å². The van der Waals surface area contributed by atoms with Crippen LogP contribution in [0.1, 0.15) is 29.6 Å². The quantitative estimate of drug-likeness (QED) is 0.725. The molecule has 0 saturated heterocycles. The number of carbonyl (C=O) groups is 2. The average molecular weight is 219 g/mol. The van der Waals surface area contributed by atoms with Crippen molar-refractivity contribution in [1.82, 2.24) is 4.98 Å². The first-order chi connectivity index (χ1) is 7.70. The van der Waals surface area contributed by atoms with E-state index in [1.165, 1.54) is 13.3 Å². The van der Waals surface area contributed by atoms with Crippen LogP contribution in [-0.2, 0) is 4.79 Å². The van der Waals surface area contributed by atoms with Crippen molar-refractivity contribution in [2.75, 3.05) is 7.11 Å². The number of ether oxygens (including phenoxy) is 1. The van der Waals surface area contributed by atoms with E-state index in [0.29, 0.717) is 30.7 Å². The molecule has 1 atom stereocenters. The number of hydrogen-bond donors (Lipinski definition) is 0. The SMILES string of the molecule is COc1ccc(C(=O)C2CCC(=O)C2)cn1. The van der Waals surface area contributed by atoms with Crippen molar-refractivity contribution in [1.29, 1.82) is 0 Å². The molecule has 0 radical (unpaired) electrons. The molecule has 4 nitrogen and oxygen atoms in total. The third-order valence-corrected chi connectivity index (χ3v) is 2.85. The molecule has 0 bridgehead atoms. The van der Waals surface area contributed by atoms with Gasteiger partial charge in [-0.1, -0.05) is 0 Å². The molecule has 4 heteroatoms. The highest BCUT2D eigenvalue weighted by atomic mass is 16.5. The summed E-state index contributed by atoms with van der Waals surface area (Å²) in [7, 11) is 1.53. The van der Waals surface area contributed by atoms with E-state index in [9.17, 15) is 9.59 Å². The number of nitrogens with zero attached hydrogens (tertiary/aromatic N) is 1. The van der Waals surface area contributed by atoms with E-state index in [0.717, 1.165) is 0 Å². The van der Waals surface area contributed by atoms with Crippen LogP contribution in [0.25, 0.3) is 0 Å². The molecule has 84 valence electrons. The first-order valence-corrected chi connectivity index (χ1v) is 5.26. The smallest absolute Gasteiger partial charge is 0.212 e. The van der Waals surface area contributed by atoms with Gasteiger partial charge in [0.15, 0.2) is 5.78 Å². The van der Waals surface area contributed by atoms with Gasteiger partial charge >= 0.3 is 0 Å². The minimum absolute atomic E-state index is 0.0148. The fraction of sp³-hybridized carbons (Fsp3) is 0.417. The summed E-state index contributed by atoms with van der Waals surface area (Å²) in [5.41, 5.74) is 0.556. The molecular formula is C12H13NO3. The monoisotopic (exact) mass is 219 g/mol. The van der Waals surface area contributed by atoms with E-state index in [-0.39, 0.29) is 17.5 Å². The van der Waals surface area contributed by atoms with Crippen molar-refractivity contribution >= 4 is 11.6 Å². The van der Waals surface area contributed by atoms with Crippen molar-refractivity contribution < 1.29 is 14.3 Å². The van der Waals surface area contributed by atoms with Crippen LogP contribution in [0.2, 0.25) is 0 Å². The van der Waals surface area contributed by atoms with Crippen molar-refractivity contribution in [3.8, 4) is 5.88 Å². The molecule has 1 aromatic rings. The van der Waals surface area contributed by atoms with Gasteiger partial charge in [0, 0.05) is 36.6 Å². The highest BCUT2D eigenvalue weighted by Gasteiger charge is 2.28. The van der Waals surface area contributed by atoms with Crippen molar-refractivity contribution in [2.24, 2.45) is 5.92 Å². The molecule has 1 saturated carbocycles. The number of hydrogen-bond acceptors (Lipinski definition) is 4. The third kappa shape index (κ3) is 2.10. The lowest BCUT2D eigenvalue weighted by Gasteiger charge is -2.06. The zero-order chi connectivity index (χ0) is 11.5. The van der Waals surface area contributed by atoms with Crippen LogP contribution in [-0.4, -0.2) is 23.7 Å². The Morgan fingerprint density at radius 3 is 2.81 bits per heavy atom. The Hall–Kier alpha value is -1.71. The van der Waals surface area contributed by atoms with Gasteiger partial charge in [0.1, 0.15) is 5.78 Å². The standard InChI is InChI=1S/C12H13NO3/c1-16-11-5-3-9(7-13-11)12(15)8-2-4-10(14)6-8/h3,5,7-8H,2,4,6H2,1H3. The summed E-state index contributed by atoms with van der Waals surface area (Å²) in [6, 6.07) is 3.35. The zero-order valence-electron chi connectivity index (χ0n) is 9.10. The summed E-state index contributed by atoms with van der Waals surface area (Å²) in [4.78, 5) is 27.0. The molecule has 0 N–H and O–H groups in total. The van der Waals surface area contributed by atoms with Gasteiger partial charge in [-0.2, -0.15) is 0 Å². The highest BCUT2D eigenvalue weighted by molar-refractivity contribution is 6.01. The van der Waals surface area contributed by atoms with E-state index < -0.39 is 0 Å². The first kappa shape index (κ1) is 10.8. The molecular weight excluding hydrogens is 206 g/mol.